The molecule has 0 fully saturated rings. The Labute approximate surface area is 141 Å². The molecule has 0 aliphatic carbocycles. The molecule has 0 bridgehead atoms. The molecule has 0 radical (unpaired) electrons. The summed E-state index contributed by atoms with van der Waals surface area (Å²) in [6.07, 6.45) is 0. The summed E-state index contributed by atoms with van der Waals surface area (Å²) in [6.45, 7) is 2.05. The van der Waals surface area contributed by atoms with Crippen molar-refractivity contribution in [1.82, 2.24) is 0 Å². The van der Waals surface area contributed by atoms with E-state index in [4.69, 9.17) is 37.9 Å². The summed E-state index contributed by atoms with van der Waals surface area (Å²) in [6, 6.07) is 8.29. The van der Waals surface area contributed by atoms with Crippen LogP contribution in [-0.2, 0) is 0 Å². The SMILES string of the molecule is CCOc1cc(C#N)ccc1OCC(=O)c1cc(Cl)sc1Cl. The first-order valence-electron chi connectivity index (χ1n) is 6.33. The zero-order chi connectivity index (χ0) is 16.1. The minimum atomic E-state index is -0.278. The number of thiophene rings is 1. The third kappa shape index (κ3) is 3.92. The number of carbonyl (C=O) groups excluding carboxylic acids is 1. The van der Waals surface area contributed by atoms with E-state index in [0.29, 0.717) is 37.9 Å². The molecule has 1 heterocycles. The number of nitriles is 1. The first-order chi connectivity index (χ1) is 10.5. The maximum atomic E-state index is 12.1. The van der Waals surface area contributed by atoms with Crippen molar-refractivity contribution in [2.24, 2.45) is 0 Å². The van der Waals surface area contributed by atoms with Crippen LogP contribution in [0.5, 0.6) is 11.5 Å². The second-order valence-electron chi connectivity index (χ2n) is 4.16. The molecule has 0 saturated heterocycles. The number of halogens is 2. The Balaban J connectivity index is 2.12. The van der Waals surface area contributed by atoms with Crippen molar-refractivity contribution in [3.63, 3.8) is 0 Å². The van der Waals surface area contributed by atoms with Gasteiger partial charge in [-0.25, -0.2) is 0 Å². The van der Waals surface area contributed by atoms with E-state index in [-0.39, 0.29) is 12.4 Å². The molecule has 114 valence electrons. The smallest absolute Gasteiger partial charge is 0.202 e. The van der Waals surface area contributed by atoms with Gasteiger partial charge in [0.25, 0.3) is 0 Å². The van der Waals surface area contributed by atoms with Crippen LogP contribution in [0.25, 0.3) is 0 Å². The fourth-order valence-corrected chi connectivity index (χ4v) is 3.22. The monoisotopic (exact) mass is 355 g/mol. The molecule has 0 amide bonds. The third-order valence-corrected chi connectivity index (χ3v) is 4.18. The Bertz CT molecular complexity index is 737. The highest BCUT2D eigenvalue weighted by molar-refractivity contribution is 7.20. The Morgan fingerprint density at radius 1 is 1.27 bits per heavy atom. The number of ether oxygens (including phenoxy) is 2. The van der Waals surface area contributed by atoms with Gasteiger partial charge in [-0.3, -0.25) is 4.79 Å². The number of hydrogen-bond donors (Lipinski definition) is 0. The van der Waals surface area contributed by atoms with Gasteiger partial charge in [-0.1, -0.05) is 23.2 Å². The molecule has 0 atom stereocenters. The van der Waals surface area contributed by atoms with Gasteiger partial charge >= 0.3 is 0 Å². The average molecular weight is 356 g/mol. The quantitative estimate of drug-likeness (QED) is 0.711. The molecule has 0 saturated carbocycles. The van der Waals surface area contributed by atoms with E-state index in [1.54, 1.807) is 18.2 Å². The molecule has 1 aromatic carbocycles. The molecule has 0 spiro atoms. The lowest BCUT2D eigenvalue weighted by molar-refractivity contribution is 0.0919. The highest BCUT2D eigenvalue weighted by atomic mass is 35.5. The number of carbonyl (C=O) groups is 1. The second kappa shape index (κ2) is 7.50. The Kier molecular flexibility index (Phi) is 5.67. The van der Waals surface area contributed by atoms with Gasteiger partial charge in [-0.05, 0) is 25.1 Å². The van der Waals surface area contributed by atoms with E-state index in [0.717, 1.165) is 11.3 Å². The molecule has 4 nitrogen and oxygen atoms in total. The minimum Gasteiger partial charge on any atom is -0.490 e. The van der Waals surface area contributed by atoms with Gasteiger partial charge in [0.2, 0.25) is 5.78 Å². The molecular formula is C15H11Cl2NO3S. The summed E-state index contributed by atoms with van der Waals surface area (Å²) in [5, 5.41) is 8.89. The summed E-state index contributed by atoms with van der Waals surface area (Å²) in [5.41, 5.74) is 0.790. The van der Waals surface area contributed by atoms with E-state index in [1.165, 1.54) is 6.07 Å². The summed E-state index contributed by atoms with van der Waals surface area (Å²) >= 11 is 12.9. The molecule has 0 unspecified atom stereocenters. The molecule has 1 aromatic heterocycles. The normalized spacial score (nSPS) is 10.1. The highest BCUT2D eigenvalue weighted by Gasteiger charge is 2.16. The lowest BCUT2D eigenvalue weighted by Gasteiger charge is -2.11. The molecule has 0 aliphatic rings. The maximum Gasteiger partial charge on any atom is 0.202 e. The van der Waals surface area contributed by atoms with Gasteiger partial charge in [0.15, 0.2) is 18.1 Å². The molecule has 0 aliphatic heterocycles. The zero-order valence-electron chi connectivity index (χ0n) is 11.6. The molecule has 0 N–H and O–H groups in total. The number of rotatable bonds is 6. The molecule has 22 heavy (non-hydrogen) atoms. The lowest BCUT2D eigenvalue weighted by Crippen LogP contribution is -2.12. The summed E-state index contributed by atoms with van der Waals surface area (Å²) in [7, 11) is 0. The molecular weight excluding hydrogens is 345 g/mol. The van der Waals surface area contributed by atoms with E-state index in [1.807, 2.05) is 13.0 Å². The zero-order valence-corrected chi connectivity index (χ0v) is 13.9. The molecule has 2 aromatic rings. The average Bonchev–Trinajstić information content (AvgIpc) is 2.84. The first kappa shape index (κ1) is 16.6. The van der Waals surface area contributed by atoms with Crippen molar-refractivity contribution in [3.05, 3.63) is 44.1 Å². The highest BCUT2D eigenvalue weighted by Crippen LogP contribution is 2.32. The fourth-order valence-electron chi connectivity index (χ4n) is 1.72. The van der Waals surface area contributed by atoms with Crippen molar-refractivity contribution in [2.45, 2.75) is 6.92 Å². The van der Waals surface area contributed by atoms with Crippen LogP contribution >= 0.6 is 34.5 Å². The minimum absolute atomic E-state index is 0.196. The number of benzene rings is 1. The van der Waals surface area contributed by atoms with Crippen LogP contribution in [0.15, 0.2) is 24.3 Å². The number of ketones is 1. The summed E-state index contributed by atoms with van der Waals surface area (Å²) < 4.78 is 11.7. The van der Waals surface area contributed by atoms with Crippen LogP contribution in [0.4, 0.5) is 0 Å². The van der Waals surface area contributed by atoms with Crippen molar-refractivity contribution in [3.8, 4) is 17.6 Å². The van der Waals surface area contributed by atoms with Gasteiger partial charge in [0.1, 0.15) is 4.34 Å². The maximum absolute atomic E-state index is 12.1. The van der Waals surface area contributed by atoms with Gasteiger partial charge in [-0.2, -0.15) is 5.26 Å². The Morgan fingerprint density at radius 3 is 2.64 bits per heavy atom. The van der Waals surface area contributed by atoms with Crippen LogP contribution in [0.2, 0.25) is 8.67 Å². The van der Waals surface area contributed by atoms with Gasteiger partial charge < -0.3 is 9.47 Å². The third-order valence-electron chi connectivity index (χ3n) is 2.69. The fraction of sp³-hybridized carbons (Fsp3) is 0.200. The van der Waals surface area contributed by atoms with Gasteiger partial charge in [-0.15, -0.1) is 11.3 Å². The van der Waals surface area contributed by atoms with E-state index >= 15 is 0 Å². The van der Waals surface area contributed by atoms with Crippen LogP contribution in [0, 0.1) is 11.3 Å². The first-order valence-corrected chi connectivity index (χ1v) is 7.90. The molecule has 2 rings (SSSR count). The standard InChI is InChI=1S/C15H11Cl2NO3S/c1-2-20-13-5-9(7-18)3-4-12(13)21-8-11(19)10-6-14(16)22-15(10)17/h3-6H,2,8H2,1H3. The lowest BCUT2D eigenvalue weighted by atomic mass is 10.2. The number of hydrogen-bond acceptors (Lipinski definition) is 5. The van der Waals surface area contributed by atoms with Crippen LogP contribution in [0.3, 0.4) is 0 Å². The largest absolute Gasteiger partial charge is 0.490 e. The van der Waals surface area contributed by atoms with Crippen molar-refractivity contribution < 1.29 is 14.3 Å². The Hall–Kier alpha value is -1.74. The van der Waals surface area contributed by atoms with Crippen molar-refractivity contribution in [2.75, 3.05) is 13.2 Å². The number of nitrogens with zero attached hydrogens (tertiary/aromatic N) is 1. The van der Waals surface area contributed by atoms with E-state index in [2.05, 4.69) is 0 Å². The van der Waals surface area contributed by atoms with Gasteiger partial charge in [0, 0.05) is 6.07 Å². The van der Waals surface area contributed by atoms with Crippen molar-refractivity contribution in [1.29, 1.82) is 5.26 Å². The molecule has 7 heteroatoms. The number of Topliss-reactive ketones (excluding diaryl/α,β-unsaturated/α-hetero) is 1. The van der Waals surface area contributed by atoms with Crippen LogP contribution in [0.1, 0.15) is 22.8 Å². The van der Waals surface area contributed by atoms with E-state index in [9.17, 15) is 4.79 Å². The van der Waals surface area contributed by atoms with Gasteiger partial charge in [0.05, 0.1) is 28.1 Å². The summed E-state index contributed by atoms with van der Waals surface area (Å²) in [5.74, 6) is 0.537. The Morgan fingerprint density at radius 2 is 2.05 bits per heavy atom. The van der Waals surface area contributed by atoms with Crippen LogP contribution < -0.4 is 9.47 Å². The topological polar surface area (TPSA) is 59.3 Å². The summed E-state index contributed by atoms with van der Waals surface area (Å²) in [4.78, 5) is 12.1. The predicted octanol–water partition coefficient (Wildman–Crippen LogP) is 4.59. The van der Waals surface area contributed by atoms with E-state index < -0.39 is 0 Å². The van der Waals surface area contributed by atoms with Crippen LogP contribution in [-0.4, -0.2) is 19.0 Å². The predicted molar refractivity (Wildman–Crippen MR) is 86.5 cm³/mol. The second-order valence-corrected chi connectivity index (χ2v) is 6.44. The van der Waals surface area contributed by atoms with Crippen molar-refractivity contribution >= 4 is 40.3 Å².